The summed E-state index contributed by atoms with van der Waals surface area (Å²) >= 11 is 1.71. The summed E-state index contributed by atoms with van der Waals surface area (Å²) in [5, 5.41) is 2.89. The predicted molar refractivity (Wildman–Crippen MR) is 76.0 cm³/mol. The first-order valence-corrected chi connectivity index (χ1v) is 7.36. The first kappa shape index (κ1) is 13.2. The summed E-state index contributed by atoms with van der Waals surface area (Å²) < 4.78 is 0. The third-order valence-corrected chi connectivity index (χ3v) is 4.01. The lowest BCUT2D eigenvalue weighted by Crippen LogP contribution is -2.29. The number of carbonyl (C=O) groups is 1. The Kier molecular flexibility index (Phi) is 4.49. The minimum Gasteiger partial charge on any atom is -0.369 e. The molecule has 18 heavy (non-hydrogen) atoms. The molecule has 0 aromatic heterocycles. The number of amides is 1. The Balaban J connectivity index is 2.29. The maximum Gasteiger partial charge on any atom is 0.221 e. The van der Waals surface area contributed by atoms with Crippen LogP contribution in [0.5, 0.6) is 0 Å². The monoisotopic (exact) mass is 265 g/mol. The molecule has 1 fully saturated rings. The van der Waals surface area contributed by atoms with Crippen molar-refractivity contribution < 1.29 is 4.79 Å². The molecule has 98 valence electrons. The van der Waals surface area contributed by atoms with Crippen LogP contribution in [0.25, 0.3) is 0 Å². The zero-order valence-corrected chi connectivity index (χ0v) is 11.4. The summed E-state index contributed by atoms with van der Waals surface area (Å²) in [4.78, 5) is 14.8. The molecule has 1 aromatic rings. The van der Waals surface area contributed by atoms with Gasteiger partial charge in [-0.05, 0) is 18.4 Å². The Labute approximate surface area is 112 Å². The molecule has 1 heterocycles. The second-order valence-corrected chi connectivity index (χ2v) is 5.10. The highest BCUT2D eigenvalue weighted by Crippen LogP contribution is 2.29. The molecule has 0 spiro atoms. The molecule has 0 atom stereocenters. The molecule has 1 aromatic carbocycles. The Bertz CT molecular complexity index is 436. The van der Waals surface area contributed by atoms with Crippen molar-refractivity contribution in [3.8, 4) is 0 Å². The maximum atomic E-state index is 11.4. The van der Waals surface area contributed by atoms with Crippen molar-refractivity contribution in [2.45, 2.75) is 17.9 Å². The number of carbonyl (C=O) groups excluding carboxylic acids is 1. The lowest BCUT2D eigenvalue weighted by molar-refractivity contribution is -0.120. The minimum atomic E-state index is 0.132. The van der Waals surface area contributed by atoms with Crippen molar-refractivity contribution in [1.82, 2.24) is 5.32 Å². The van der Waals surface area contributed by atoms with E-state index in [0.29, 0.717) is 19.5 Å². The normalized spacial score (nSPS) is 16.3. The van der Waals surface area contributed by atoms with Crippen LogP contribution in [0.2, 0.25) is 0 Å². The summed E-state index contributed by atoms with van der Waals surface area (Å²) in [7, 11) is 0. The van der Waals surface area contributed by atoms with Crippen molar-refractivity contribution in [3.63, 3.8) is 0 Å². The third-order valence-electron chi connectivity index (χ3n) is 3.19. The topological polar surface area (TPSA) is 58.4 Å². The van der Waals surface area contributed by atoms with E-state index >= 15 is 0 Å². The van der Waals surface area contributed by atoms with Gasteiger partial charge in [-0.2, -0.15) is 0 Å². The fourth-order valence-electron chi connectivity index (χ4n) is 2.25. The Morgan fingerprint density at radius 2 is 2.28 bits per heavy atom. The van der Waals surface area contributed by atoms with E-state index in [9.17, 15) is 4.79 Å². The van der Waals surface area contributed by atoms with Crippen LogP contribution in [0.3, 0.4) is 0 Å². The summed E-state index contributed by atoms with van der Waals surface area (Å²) in [6, 6.07) is 6.25. The number of anilines is 1. The quantitative estimate of drug-likeness (QED) is 0.806. The highest BCUT2D eigenvalue weighted by Gasteiger charge is 2.17. The van der Waals surface area contributed by atoms with Gasteiger partial charge in [0.2, 0.25) is 5.91 Å². The van der Waals surface area contributed by atoms with Gasteiger partial charge in [0.15, 0.2) is 0 Å². The number of hydrogen-bond donors (Lipinski definition) is 2. The van der Waals surface area contributed by atoms with Gasteiger partial charge in [0, 0.05) is 48.7 Å². The average Bonchev–Trinajstić information content (AvgIpc) is 2.62. The second kappa shape index (κ2) is 6.11. The van der Waals surface area contributed by atoms with Crippen molar-refractivity contribution in [2.75, 3.05) is 30.8 Å². The molecule has 0 bridgehead atoms. The molecule has 5 heteroatoms. The molecule has 1 aliphatic heterocycles. The molecule has 1 amide bonds. The molecule has 0 unspecified atom stereocenters. The van der Waals surface area contributed by atoms with Crippen LogP contribution in [0, 0.1) is 0 Å². The number of rotatable bonds is 3. The summed E-state index contributed by atoms with van der Waals surface area (Å²) in [5.41, 5.74) is 8.22. The molecule has 0 aliphatic carbocycles. The van der Waals surface area contributed by atoms with E-state index in [4.69, 9.17) is 5.73 Å². The number of nitrogens with one attached hydrogen (secondary N) is 1. The number of nitrogens with two attached hydrogens (primary N) is 1. The summed E-state index contributed by atoms with van der Waals surface area (Å²) in [5.74, 6) is 0.132. The molecule has 1 aliphatic rings. The number of hydrogen-bond acceptors (Lipinski definition) is 4. The fraction of sp³-hybridized carbons (Fsp3) is 0.462. The van der Waals surface area contributed by atoms with Crippen LogP contribution in [0.4, 0.5) is 5.69 Å². The van der Waals surface area contributed by atoms with Crippen molar-refractivity contribution in [3.05, 3.63) is 23.8 Å². The molecule has 0 saturated carbocycles. The number of benzene rings is 1. The van der Waals surface area contributed by atoms with Gasteiger partial charge in [-0.3, -0.25) is 4.79 Å². The Hall–Kier alpha value is -1.20. The van der Waals surface area contributed by atoms with E-state index < -0.39 is 0 Å². The Morgan fingerprint density at radius 1 is 1.44 bits per heavy atom. The second-order valence-electron chi connectivity index (χ2n) is 4.25. The van der Waals surface area contributed by atoms with Crippen molar-refractivity contribution >= 4 is 23.4 Å². The smallest absolute Gasteiger partial charge is 0.221 e. The fourth-order valence-corrected chi connectivity index (χ4v) is 2.90. The number of nitrogens with zero attached hydrogens (tertiary/aromatic N) is 1. The van der Waals surface area contributed by atoms with Crippen molar-refractivity contribution in [1.29, 1.82) is 0 Å². The van der Waals surface area contributed by atoms with Crippen LogP contribution < -0.4 is 16.0 Å². The Morgan fingerprint density at radius 3 is 3.00 bits per heavy atom. The molecular weight excluding hydrogens is 246 g/mol. The van der Waals surface area contributed by atoms with Gasteiger partial charge in [0.1, 0.15) is 0 Å². The highest BCUT2D eigenvalue weighted by atomic mass is 32.2. The van der Waals surface area contributed by atoms with Crippen LogP contribution in [0.1, 0.15) is 12.0 Å². The van der Waals surface area contributed by atoms with Crippen LogP contribution >= 0.6 is 11.8 Å². The van der Waals surface area contributed by atoms with Gasteiger partial charge in [-0.25, -0.2) is 0 Å². The van der Waals surface area contributed by atoms with E-state index in [1.807, 2.05) is 0 Å². The summed E-state index contributed by atoms with van der Waals surface area (Å²) in [6.45, 7) is 2.84. The average molecular weight is 265 g/mol. The van der Waals surface area contributed by atoms with E-state index in [2.05, 4.69) is 34.7 Å². The van der Waals surface area contributed by atoms with E-state index in [1.165, 1.54) is 16.1 Å². The molecule has 1 saturated heterocycles. The molecule has 4 nitrogen and oxygen atoms in total. The van der Waals surface area contributed by atoms with Gasteiger partial charge >= 0.3 is 0 Å². The lowest BCUT2D eigenvalue weighted by Gasteiger charge is -2.25. The van der Waals surface area contributed by atoms with Crippen LogP contribution in [0.15, 0.2) is 23.1 Å². The van der Waals surface area contributed by atoms with E-state index in [1.54, 1.807) is 11.8 Å². The van der Waals surface area contributed by atoms with Crippen molar-refractivity contribution in [2.24, 2.45) is 5.73 Å². The van der Waals surface area contributed by atoms with Gasteiger partial charge in [0.05, 0.1) is 0 Å². The van der Waals surface area contributed by atoms with E-state index in [-0.39, 0.29) is 5.91 Å². The largest absolute Gasteiger partial charge is 0.369 e. The van der Waals surface area contributed by atoms with Gasteiger partial charge in [-0.15, -0.1) is 11.8 Å². The standard InChI is InChI=1S/C13H19N3OS/c1-18-12-4-2-3-11(10(12)9-14)16-7-5-13(17)15-6-8-16/h2-4H,5-9,14H2,1H3,(H,15,17). The predicted octanol–water partition coefficient (Wildman–Crippen LogP) is 1.19. The van der Waals surface area contributed by atoms with Gasteiger partial charge in [0.25, 0.3) is 0 Å². The first-order chi connectivity index (χ1) is 8.76. The zero-order chi connectivity index (χ0) is 13.0. The van der Waals surface area contributed by atoms with Gasteiger partial charge in [-0.1, -0.05) is 6.07 Å². The minimum absolute atomic E-state index is 0.132. The number of thioether (sulfide) groups is 1. The molecule has 2 rings (SSSR count). The first-order valence-electron chi connectivity index (χ1n) is 6.14. The zero-order valence-electron chi connectivity index (χ0n) is 10.6. The van der Waals surface area contributed by atoms with E-state index in [0.717, 1.165) is 13.1 Å². The highest BCUT2D eigenvalue weighted by molar-refractivity contribution is 7.98. The van der Waals surface area contributed by atoms with Crippen LogP contribution in [-0.2, 0) is 11.3 Å². The molecule has 0 radical (unpaired) electrons. The van der Waals surface area contributed by atoms with Gasteiger partial charge < -0.3 is 16.0 Å². The lowest BCUT2D eigenvalue weighted by atomic mass is 10.1. The third kappa shape index (κ3) is 2.79. The SMILES string of the molecule is CSc1cccc(N2CCNC(=O)CC2)c1CN. The van der Waals surface area contributed by atoms with Crippen LogP contribution in [-0.4, -0.2) is 31.8 Å². The summed E-state index contributed by atoms with van der Waals surface area (Å²) in [6.07, 6.45) is 2.61. The molecule has 3 N–H and O–H groups in total. The molecular formula is C13H19N3OS. The maximum absolute atomic E-state index is 11.4.